The van der Waals surface area contributed by atoms with Crippen molar-refractivity contribution in [2.75, 3.05) is 6.54 Å². The predicted octanol–water partition coefficient (Wildman–Crippen LogP) is 1.32. The third kappa shape index (κ3) is 2.90. The molecule has 0 bridgehead atoms. The number of nitrogens with zero attached hydrogens (tertiary/aromatic N) is 4. The van der Waals surface area contributed by atoms with Crippen LogP contribution in [0.1, 0.15) is 23.0 Å². The van der Waals surface area contributed by atoms with E-state index in [0.29, 0.717) is 11.3 Å². The van der Waals surface area contributed by atoms with Crippen molar-refractivity contribution >= 4 is 0 Å². The molecule has 0 spiro atoms. The number of hydrogen-bond donors (Lipinski definition) is 1. The van der Waals surface area contributed by atoms with E-state index in [-0.39, 0.29) is 12.5 Å². The van der Waals surface area contributed by atoms with Gasteiger partial charge in [-0.1, -0.05) is 0 Å². The topological polar surface area (TPSA) is 69.6 Å². The summed E-state index contributed by atoms with van der Waals surface area (Å²) in [6.07, 6.45) is 1.10. The van der Waals surface area contributed by atoms with Crippen molar-refractivity contribution in [3.05, 3.63) is 42.0 Å². The monoisotopic (exact) mass is 271 g/mol. The molecule has 2 aromatic heterocycles. The zero-order valence-corrected chi connectivity index (χ0v) is 10.1. The van der Waals surface area contributed by atoms with E-state index in [9.17, 15) is 13.2 Å². The fourth-order valence-corrected chi connectivity index (χ4v) is 1.70. The lowest BCUT2D eigenvalue weighted by Crippen LogP contribution is -2.17. The molecule has 0 aliphatic carbocycles. The summed E-state index contributed by atoms with van der Waals surface area (Å²) in [7, 11) is 1.80. The lowest BCUT2D eigenvalue weighted by molar-refractivity contribution is -0.145. The molecule has 0 fully saturated rings. The number of halogens is 3. The molecule has 102 valence electrons. The summed E-state index contributed by atoms with van der Waals surface area (Å²) in [4.78, 5) is 10.8. The molecule has 5 nitrogen and oxygen atoms in total. The summed E-state index contributed by atoms with van der Waals surface area (Å²) in [6, 6.07) is 0. The van der Waals surface area contributed by atoms with Gasteiger partial charge in [-0.2, -0.15) is 13.2 Å². The summed E-state index contributed by atoms with van der Waals surface area (Å²) in [5.74, 6) is -1.48. The smallest absolute Gasteiger partial charge is 0.340 e. The molecule has 0 aliphatic rings. The fraction of sp³-hybridized carbons (Fsp3) is 0.364. The molecule has 0 unspecified atom stereocenters. The average Bonchev–Trinajstić information content (AvgIpc) is 2.76. The molecule has 1 atom stereocenters. The summed E-state index contributed by atoms with van der Waals surface area (Å²) in [5.41, 5.74) is 6.83. The molecule has 0 saturated carbocycles. The number of imidazole rings is 1. The maximum Gasteiger partial charge on any atom is 0.451 e. The van der Waals surface area contributed by atoms with Gasteiger partial charge in [-0.3, -0.25) is 0 Å². The SMILES string of the molecule is Cn1cnc([C@@H](CN)c2cnc(C(F)(F)F)nc2)c1. The summed E-state index contributed by atoms with van der Waals surface area (Å²) < 4.78 is 38.8. The Bertz CT molecular complexity index is 546. The van der Waals surface area contributed by atoms with Crippen molar-refractivity contribution < 1.29 is 13.2 Å². The molecule has 19 heavy (non-hydrogen) atoms. The fourth-order valence-electron chi connectivity index (χ4n) is 1.70. The summed E-state index contributed by atoms with van der Waals surface area (Å²) in [5, 5.41) is 0. The number of aryl methyl sites for hydroxylation is 1. The number of alkyl halides is 3. The van der Waals surface area contributed by atoms with Gasteiger partial charge in [0.05, 0.1) is 12.0 Å². The first-order chi connectivity index (χ1) is 8.91. The Hall–Kier alpha value is -1.96. The third-order valence-corrected chi connectivity index (χ3v) is 2.65. The second-order valence-electron chi connectivity index (χ2n) is 4.09. The van der Waals surface area contributed by atoms with Gasteiger partial charge in [0.15, 0.2) is 0 Å². The highest BCUT2D eigenvalue weighted by Gasteiger charge is 2.34. The van der Waals surface area contributed by atoms with Gasteiger partial charge in [-0.05, 0) is 5.56 Å². The second kappa shape index (κ2) is 4.96. The van der Waals surface area contributed by atoms with Crippen molar-refractivity contribution in [3.63, 3.8) is 0 Å². The van der Waals surface area contributed by atoms with Crippen molar-refractivity contribution in [3.8, 4) is 0 Å². The van der Waals surface area contributed by atoms with Gasteiger partial charge in [-0.25, -0.2) is 15.0 Å². The van der Waals surface area contributed by atoms with E-state index in [4.69, 9.17) is 5.73 Å². The molecule has 2 aromatic rings. The molecule has 0 radical (unpaired) electrons. The zero-order valence-electron chi connectivity index (χ0n) is 10.1. The molecule has 0 saturated heterocycles. The van der Waals surface area contributed by atoms with Crippen LogP contribution in [-0.4, -0.2) is 26.1 Å². The molecule has 2 heterocycles. The molecule has 0 amide bonds. The number of nitrogens with two attached hydrogens (primary N) is 1. The largest absolute Gasteiger partial charge is 0.451 e. The van der Waals surface area contributed by atoms with Crippen LogP contribution in [0.5, 0.6) is 0 Å². The van der Waals surface area contributed by atoms with Crippen LogP contribution in [0.15, 0.2) is 24.9 Å². The molecule has 8 heteroatoms. The van der Waals surface area contributed by atoms with Gasteiger partial charge in [0, 0.05) is 38.1 Å². The van der Waals surface area contributed by atoms with Crippen LogP contribution in [0.4, 0.5) is 13.2 Å². The van der Waals surface area contributed by atoms with Crippen LogP contribution in [0.25, 0.3) is 0 Å². The minimum absolute atomic E-state index is 0.214. The lowest BCUT2D eigenvalue weighted by Gasteiger charge is -2.12. The highest BCUT2D eigenvalue weighted by molar-refractivity contribution is 5.24. The van der Waals surface area contributed by atoms with Crippen LogP contribution in [0.2, 0.25) is 0 Å². The average molecular weight is 271 g/mol. The Morgan fingerprint density at radius 1 is 1.26 bits per heavy atom. The van der Waals surface area contributed by atoms with E-state index in [1.807, 2.05) is 0 Å². The maximum atomic E-state index is 12.4. The first-order valence-corrected chi connectivity index (χ1v) is 5.49. The summed E-state index contributed by atoms with van der Waals surface area (Å²) >= 11 is 0. The van der Waals surface area contributed by atoms with E-state index >= 15 is 0 Å². The predicted molar refractivity (Wildman–Crippen MR) is 61.1 cm³/mol. The molecule has 2 rings (SSSR count). The van der Waals surface area contributed by atoms with Crippen molar-refractivity contribution in [2.45, 2.75) is 12.1 Å². The molecular formula is C11H12F3N5. The van der Waals surface area contributed by atoms with Crippen LogP contribution in [0.3, 0.4) is 0 Å². The minimum atomic E-state index is -4.54. The Morgan fingerprint density at radius 3 is 2.32 bits per heavy atom. The van der Waals surface area contributed by atoms with Crippen molar-refractivity contribution in [1.82, 2.24) is 19.5 Å². The first kappa shape index (κ1) is 13.5. The molecular weight excluding hydrogens is 259 g/mol. The zero-order chi connectivity index (χ0) is 14.0. The Kier molecular flexibility index (Phi) is 3.52. The normalized spacial score (nSPS) is 13.5. The molecule has 0 aliphatic heterocycles. The third-order valence-electron chi connectivity index (χ3n) is 2.65. The minimum Gasteiger partial charge on any atom is -0.340 e. The van der Waals surface area contributed by atoms with Gasteiger partial charge in [0.1, 0.15) is 0 Å². The number of aromatic nitrogens is 4. The van der Waals surface area contributed by atoms with Crippen LogP contribution in [0, 0.1) is 0 Å². The Labute approximate surface area is 107 Å². The molecule has 0 aromatic carbocycles. The second-order valence-corrected chi connectivity index (χ2v) is 4.09. The maximum absolute atomic E-state index is 12.4. The van der Waals surface area contributed by atoms with Gasteiger partial charge >= 0.3 is 6.18 Å². The quantitative estimate of drug-likeness (QED) is 0.914. The number of rotatable bonds is 3. The van der Waals surface area contributed by atoms with Gasteiger partial charge in [0.25, 0.3) is 0 Å². The molecule has 2 N–H and O–H groups in total. The van der Waals surface area contributed by atoms with Gasteiger partial charge < -0.3 is 10.3 Å². The van der Waals surface area contributed by atoms with Crippen molar-refractivity contribution in [2.24, 2.45) is 12.8 Å². The van der Waals surface area contributed by atoms with E-state index in [0.717, 1.165) is 12.4 Å². The van der Waals surface area contributed by atoms with Crippen molar-refractivity contribution in [1.29, 1.82) is 0 Å². The van der Waals surface area contributed by atoms with Crippen LogP contribution >= 0.6 is 0 Å². The standard InChI is InChI=1S/C11H12F3N5/c1-19-5-9(18-6-19)8(2-15)7-3-16-10(17-4-7)11(12,13)14/h3-6,8H,2,15H2,1H3/t8-/m0/s1. The van der Waals surface area contributed by atoms with Gasteiger partial charge in [-0.15, -0.1) is 0 Å². The van der Waals surface area contributed by atoms with Crippen LogP contribution < -0.4 is 5.73 Å². The van der Waals surface area contributed by atoms with Gasteiger partial charge in [0.2, 0.25) is 5.82 Å². The highest BCUT2D eigenvalue weighted by atomic mass is 19.4. The lowest BCUT2D eigenvalue weighted by atomic mass is 9.99. The number of hydrogen-bond acceptors (Lipinski definition) is 4. The van der Waals surface area contributed by atoms with Crippen LogP contribution in [-0.2, 0) is 13.2 Å². The van der Waals surface area contributed by atoms with E-state index in [2.05, 4.69) is 15.0 Å². The van der Waals surface area contributed by atoms with E-state index in [1.165, 1.54) is 0 Å². The first-order valence-electron chi connectivity index (χ1n) is 5.49. The Morgan fingerprint density at radius 2 is 1.89 bits per heavy atom. The highest BCUT2D eigenvalue weighted by Crippen LogP contribution is 2.27. The Balaban J connectivity index is 2.30. The van der Waals surface area contributed by atoms with E-state index in [1.54, 1.807) is 24.1 Å². The van der Waals surface area contributed by atoms with E-state index < -0.39 is 12.0 Å². The summed E-state index contributed by atoms with van der Waals surface area (Å²) in [6.45, 7) is 0.214.